The fourth-order valence-electron chi connectivity index (χ4n) is 0.315. The summed E-state index contributed by atoms with van der Waals surface area (Å²) < 4.78 is 0. The van der Waals surface area contributed by atoms with E-state index in [4.69, 9.17) is 15.3 Å². The van der Waals surface area contributed by atoms with Crippen molar-refractivity contribution in [2.24, 2.45) is 0 Å². The van der Waals surface area contributed by atoms with Crippen molar-refractivity contribution in [2.45, 2.75) is 12.4 Å². The van der Waals surface area contributed by atoms with Gasteiger partial charge in [-0.25, -0.2) is 0 Å². The summed E-state index contributed by atoms with van der Waals surface area (Å²) in [5.74, 6) is 0. The van der Waals surface area contributed by atoms with E-state index in [9.17, 15) is 0 Å². The summed E-state index contributed by atoms with van der Waals surface area (Å²) in [6, 6.07) is 0. The lowest BCUT2D eigenvalue weighted by Gasteiger charge is -2.10. The number of hydrogen-bond acceptors (Lipinski definition) is 4. The van der Waals surface area contributed by atoms with Crippen molar-refractivity contribution in [2.75, 3.05) is 13.6 Å². The SMILES string of the molecule is CNC[C@H](O)C(O)O. The van der Waals surface area contributed by atoms with E-state index in [2.05, 4.69) is 5.32 Å². The average molecular weight is 121 g/mol. The molecule has 4 N–H and O–H groups in total. The van der Waals surface area contributed by atoms with Gasteiger partial charge in [-0.15, -0.1) is 0 Å². The molecular weight excluding hydrogens is 110 g/mol. The quantitative estimate of drug-likeness (QED) is 0.322. The standard InChI is InChI=1S/C4H11NO3/c1-5-2-3(6)4(7)8/h3-8H,2H2,1H3/t3-/m0/s1. The van der Waals surface area contributed by atoms with Gasteiger partial charge in [-0.3, -0.25) is 0 Å². The van der Waals surface area contributed by atoms with Crippen molar-refractivity contribution in [1.29, 1.82) is 0 Å². The number of likely N-dealkylation sites (N-methyl/N-ethyl adjacent to an activating group) is 1. The zero-order valence-electron chi connectivity index (χ0n) is 4.70. The maximum atomic E-state index is 8.56. The molecule has 50 valence electrons. The molecule has 0 spiro atoms. The van der Waals surface area contributed by atoms with Gasteiger partial charge in [0.2, 0.25) is 0 Å². The van der Waals surface area contributed by atoms with E-state index in [-0.39, 0.29) is 6.54 Å². The van der Waals surface area contributed by atoms with Gasteiger partial charge in [0.1, 0.15) is 6.10 Å². The predicted molar refractivity (Wildman–Crippen MR) is 28.2 cm³/mol. The highest BCUT2D eigenvalue weighted by Gasteiger charge is 2.09. The Morgan fingerprint density at radius 1 is 1.38 bits per heavy atom. The second-order valence-corrected chi connectivity index (χ2v) is 1.54. The number of aliphatic hydroxyl groups excluding tert-OH is 2. The van der Waals surface area contributed by atoms with E-state index >= 15 is 0 Å². The Labute approximate surface area is 47.8 Å². The molecule has 0 fully saturated rings. The van der Waals surface area contributed by atoms with E-state index in [1.165, 1.54) is 0 Å². The van der Waals surface area contributed by atoms with Crippen molar-refractivity contribution in [3.05, 3.63) is 0 Å². The number of nitrogens with one attached hydrogen (secondary N) is 1. The smallest absolute Gasteiger partial charge is 0.179 e. The Kier molecular flexibility index (Phi) is 3.72. The van der Waals surface area contributed by atoms with Crippen LogP contribution in [0.1, 0.15) is 0 Å². The van der Waals surface area contributed by atoms with Gasteiger partial charge in [-0.1, -0.05) is 0 Å². The molecule has 0 heterocycles. The van der Waals surface area contributed by atoms with Crippen LogP contribution in [0.2, 0.25) is 0 Å². The maximum absolute atomic E-state index is 8.56. The summed E-state index contributed by atoms with van der Waals surface area (Å²) in [5.41, 5.74) is 0. The van der Waals surface area contributed by atoms with Crippen LogP contribution >= 0.6 is 0 Å². The summed E-state index contributed by atoms with van der Waals surface area (Å²) in [6.07, 6.45) is -2.72. The molecule has 0 amide bonds. The van der Waals surface area contributed by atoms with Gasteiger partial charge in [0.15, 0.2) is 6.29 Å². The largest absolute Gasteiger partial charge is 0.387 e. The Hall–Kier alpha value is -0.160. The fraction of sp³-hybridized carbons (Fsp3) is 1.00. The van der Waals surface area contributed by atoms with Crippen LogP contribution in [0.25, 0.3) is 0 Å². The van der Waals surface area contributed by atoms with Crippen LogP contribution in [0.5, 0.6) is 0 Å². The van der Waals surface area contributed by atoms with Crippen LogP contribution in [0.3, 0.4) is 0 Å². The van der Waals surface area contributed by atoms with Gasteiger partial charge >= 0.3 is 0 Å². The van der Waals surface area contributed by atoms with Crippen LogP contribution in [0, 0.1) is 0 Å². The second kappa shape index (κ2) is 3.80. The van der Waals surface area contributed by atoms with Gasteiger partial charge < -0.3 is 20.6 Å². The van der Waals surface area contributed by atoms with E-state index in [0.29, 0.717) is 0 Å². The van der Waals surface area contributed by atoms with Crippen molar-refractivity contribution < 1.29 is 15.3 Å². The first-order valence-corrected chi connectivity index (χ1v) is 2.37. The number of hydrogen-bond donors (Lipinski definition) is 4. The molecule has 0 unspecified atom stereocenters. The van der Waals surface area contributed by atoms with Gasteiger partial charge in [0.25, 0.3) is 0 Å². The van der Waals surface area contributed by atoms with E-state index in [0.717, 1.165) is 0 Å². The molecule has 0 saturated heterocycles. The minimum atomic E-state index is -1.64. The lowest BCUT2D eigenvalue weighted by atomic mass is 10.3. The molecule has 0 radical (unpaired) electrons. The molecule has 0 aliphatic rings. The average Bonchev–Trinajstić information content (AvgIpc) is 1.67. The summed E-state index contributed by atoms with van der Waals surface area (Å²) in [7, 11) is 1.62. The Morgan fingerprint density at radius 3 is 2.00 bits per heavy atom. The van der Waals surface area contributed by atoms with Crippen LogP contribution < -0.4 is 5.32 Å². The zero-order chi connectivity index (χ0) is 6.57. The highest BCUT2D eigenvalue weighted by atomic mass is 16.5. The molecule has 0 aromatic rings. The monoisotopic (exact) mass is 121 g/mol. The molecule has 0 bridgehead atoms. The third-order valence-corrected chi connectivity index (χ3v) is 0.757. The first-order valence-electron chi connectivity index (χ1n) is 2.37. The normalized spacial score (nSPS) is 14.6. The summed E-state index contributed by atoms with van der Waals surface area (Å²) >= 11 is 0. The van der Waals surface area contributed by atoms with Crippen LogP contribution in [-0.4, -0.2) is 41.3 Å². The van der Waals surface area contributed by atoms with Crippen molar-refractivity contribution in [3.8, 4) is 0 Å². The van der Waals surface area contributed by atoms with Crippen LogP contribution in [0.4, 0.5) is 0 Å². The highest BCUT2D eigenvalue weighted by Crippen LogP contribution is 1.83. The molecule has 4 nitrogen and oxygen atoms in total. The first kappa shape index (κ1) is 7.84. The van der Waals surface area contributed by atoms with Gasteiger partial charge in [0.05, 0.1) is 0 Å². The highest BCUT2D eigenvalue weighted by molar-refractivity contribution is 4.56. The predicted octanol–water partition coefficient (Wildman–Crippen LogP) is -2.12. The zero-order valence-corrected chi connectivity index (χ0v) is 4.70. The molecular formula is C4H11NO3. The van der Waals surface area contributed by atoms with E-state index in [1.54, 1.807) is 7.05 Å². The van der Waals surface area contributed by atoms with Gasteiger partial charge in [-0.05, 0) is 7.05 Å². The molecule has 4 heteroatoms. The van der Waals surface area contributed by atoms with Crippen LogP contribution in [0.15, 0.2) is 0 Å². The minimum Gasteiger partial charge on any atom is -0.387 e. The fourth-order valence-corrected chi connectivity index (χ4v) is 0.315. The first-order chi connectivity index (χ1) is 3.68. The molecule has 0 saturated carbocycles. The summed E-state index contributed by atoms with van der Waals surface area (Å²) in [6.45, 7) is 0.192. The molecule has 0 aromatic carbocycles. The van der Waals surface area contributed by atoms with Crippen molar-refractivity contribution in [1.82, 2.24) is 5.32 Å². The van der Waals surface area contributed by atoms with Crippen molar-refractivity contribution in [3.63, 3.8) is 0 Å². The maximum Gasteiger partial charge on any atom is 0.179 e. The Bertz CT molecular complexity index is 57.2. The van der Waals surface area contributed by atoms with E-state index in [1.807, 2.05) is 0 Å². The summed E-state index contributed by atoms with van der Waals surface area (Å²) in [5, 5.41) is 27.6. The van der Waals surface area contributed by atoms with Crippen LogP contribution in [-0.2, 0) is 0 Å². The third kappa shape index (κ3) is 2.92. The lowest BCUT2D eigenvalue weighted by molar-refractivity contribution is -0.119. The number of aliphatic hydroxyl groups is 3. The Morgan fingerprint density at radius 2 is 1.88 bits per heavy atom. The molecule has 8 heavy (non-hydrogen) atoms. The molecule has 0 aliphatic carbocycles. The van der Waals surface area contributed by atoms with Crippen molar-refractivity contribution >= 4 is 0 Å². The molecule has 0 aromatic heterocycles. The lowest BCUT2D eigenvalue weighted by Crippen LogP contribution is -2.34. The van der Waals surface area contributed by atoms with E-state index < -0.39 is 12.4 Å². The second-order valence-electron chi connectivity index (χ2n) is 1.54. The third-order valence-electron chi connectivity index (χ3n) is 0.757. The molecule has 0 aliphatic heterocycles. The van der Waals surface area contributed by atoms with Gasteiger partial charge in [-0.2, -0.15) is 0 Å². The number of rotatable bonds is 3. The topological polar surface area (TPSA) is 72.7 Å². The summed E-state index contributed by atoms with van der Waals surface area (Å²) in [4.78, 5) is 0. The van der Waals surface area contributed by atoms with Gasteiger partial charge in [0, 0.05) is 6.54 Å². The molecule has 0 rings (SSSR count). The Balaban J connectivity index is 3.17. The molecule has 1 atom stereocenters. The minimum absolute atomic E-state index is 0.192.